The molecule has 1 aromatic heterocycles. The molecule has 1 fully saturated rings. The predicted molar refractivity (Wildman–Crippen MR) is 130 cm³/mol. The largest absolute Gasteiger partial charge is 0.416 e. The second-order valence-corrected chi connectivity index (χ2v) is 9.98. The Morgan fingerprint density at radius 1 is 0.917 bits per heavy atom. The lowest BCUT2D eigenvalue weighted by atomic mass is 10.1. The fraction of sp³-hybridized carbons (Fsp3) is 0.222. The summed E-state index contributed by atoms with van der Waals surface area (Å²) in [6.45, 7) is 0. The van der Waals surface area contributed by atoms with Gasteiger partial charge < -0.3 is 9.42 Å². The second-order valence-electron chi connectivity index (χ2n) is 8.89. The molecule has 36 heavy (non-hydrogen) atoms. The van der Waals surface area contributed by atoms with Gasteiger partial charge in [0, 0.05) is 27.0 Å². The molecule has 1 aliphatic carbocycles. The van der Waals surface area contributed by atoms with Crippen molar-refractivity contribution in [1.82, 2.24) is 10.1 Å². The van der Waals surface area contributed by atoms with E-state index < -0.39 is 11.7 Å². The van der Waals surface area contributed by atoms with E-state index in [1.165, 1.54) is 23.9 Å². The molecule has 2 aliphatic rings. The van der Waals surface area contributed by atoms with Gasteiger partial charge in [-0.3, -0.25) is 4.79 Å². The highest BCUT2D eigenvalue weighted by Crippen LogP contribution is 2.45. The molecule has 4 aromatic rings. The minimum Gasteiger partial charge on any atom is -0.334 e. The third-order valence-corrected chi connectivity index (χ3v) is 7.73. The van der Waals surface area contributed by atoms with Crippen molar-refractivity contribution < 1.29 is 22.5 Å². The van der Waals surface area contributed by atoms with E-state index in [4.69, 9.17) is 4.52 Å². The fourth-order valence-electron chi connectivity index (χ4n) is 4.81. The number of carbonyl (C=O) groups excluding carboxylic acids is 1. The van der Waals surface area contributed by atoms with E-state index in [0.29, 0.717) is 22.5 Å². The number of hydrogen-bond donors (Lipinski definition) is 0. The Hall–Kier alpha value is -3.59. The number of rotatable bonds is 3. The van der Waals surface area contributed by atoms with Crippen LogP contribution in [0.2, 0.25) is 0 Å². The average Bonchev–Trinajstić information content (AvgIpc) is 3.56. The molecule has 9 heteroatoms. The first-order valence-electron chi connectivity index (χ1n) is 11.6. The molecule has 1 aliphatic heterocycles. The number of anilines is 1. The molecule has 0 radical (unpaired) electrons. The number of hydrogen-bond acceptors (Lipinski definition) is 5. The molecular weight excluding hydrogens is 487 g/mol. The summed E-state index contributed by atoms with van der Waals surface area (Å²) >= 11 is 1.53. The van der Waals surface area contributed by atoms with Gasteiger partial charge in [-0.05, 0) is 67.4 Å². The van der Waals surface area contributed by atoms with Gasteiger partial charge in [-0.25, -0.2) is 0 Å². The molecule has 0 N–H and O–H groups in total. The number of alkyl halides is 3. The Morgan fingerprint density at radius 2 is 1.64 bits per heavy atom. The Balaban J connectivity index is 1.37. The van der Waals surface area contributed by atoms with Crippen LogP contribution in [0.25, 0.3) is 22.8 Å². The van der Waals surface area contributed by atoms with Gasteiger partial charge in [0.15, 0.2) is 0 Å². The topological polar surface area (TPSA) is 59.2 Å². The highest BCUT2D eigenvalue weighted by Gasteiger charge is 2.34. The van der Waals surface area contributed by atoms with Crippen LogP contribution in [0, 0.1) is 0 Å². The monoisotopic (exact) mass is 507 g/mol. The van der Waals surface area contributed by atoms with E-state index in [2.05, 4.69) is 10.1 Å². The van der Waals surface area contributed by atoms with Crippen LogP contribution in [0.15, 0.2) is 81.0 Å². The lowest BCUT2D eigenvalue weighted by molar-refractivity contribution is -0.137. The number of halogens is 3. The van der Waals surface area contributed by atoms with Gasteiger partial charge in [-0.2, -0.15) is 18.2 Å². The molecule has 6 rings (SSSR count). The van der Waals surface area contributed by atoms with Crippen molar-refractivity contribution in [2.75, 3.05) is 4.90 Å². The number of benzene rings is 3. The standard InChI is InChI=1S/C27H20F3N3O2S/c28-27(29,30)18-12-9-16(10-13-18)25-31-24(32-35-25)17-11-14-21-23(15-17)36-22-8-4-3-7-20(22)26(34)33(21)19-5-1-2-6-19/h3-4,7-15,19H,1-2,5-6H2. The van der Waals surface area contributed by atoms with E-state index >= 15 is 0 Å². The molecule has 182 valence electrons. The summed E-state index contributed by atoms with van der Waals surface area (Å²) in [5, 5.41) is 4.06. The van der Waals surface area contributed by atoms with E-state index in [1.807, 2.05) is 47.4 Å². The normalized spacial score (nSPS) is 16.1. The number of nitrogens with zero attached hydrogens (tertiary/aromatic N) is 3. The Labute approximate surface area is 209 Å². The molecule has 1 saturated carbocycles. The van der Waals surface area contributed by atoms with Crippen molar-refractivity contribution in [3.63, 3.8) is 0 Å². The summed E-state index contributed by atoms with van der Waals surface area (Å²) in [7, 11) is 0. The van der Waals surface area contributed by atoms with Gasteiger partial charge >= 0.3 is 6.18 Å². The zero-order chi connectivity index (χ0) is 24.9. The number of amides is 1. The molecule has 0 atom stereocenters. The third-order valence-electron chi connectivity index (χ3n) is 6.61. The van der Waals surface area contributed by atoms with Crippen molar-refractivity contribution in [1.29, 1.82) is 0 Å². The first-order valence-corrected chi connectivity index (χ1v) is 12.5. The molecule has 5 nitrogen and oxygen atoms in total. The smallest absolute Gasteiger partial charge is 0.334 e. The first-order chi connectivity index (χ1) is 17.4. The molecule has 0 bridgehead atoms. The van der Waals surface area contributed by atoms with Crippen LogP contribution in [-0.4, -0.2) is 22.1 Å². The minimum absolute atomic E-state index is 0.0145. The van der Waals surface area contributed by atoms with Crippen LogP contribution >= 0.6 is 11.8 Å². The van der Waals surface area contributed by atoms with Crippen molar-refractivity contribution >= 4 is 23.4 Å². The lowest BCUT2D eigenvalue weighted by Crippen LogP contribution is -2.39. The summed E-state index contributed by atoms with van der Waals surface area (Å²) in [6.07, 6.45) is -0.259. The third kappa shape index (κ3) is 4.07. The highest BCUT2D eigenvalue weighted by atomic mass is 32.2. The van der Waals surface area contributed by atoms with E-state index in [9.17, 15) is 18.0 Å². The summed E-state index contributed by atoms with van der Waals surface area (Å²) in [4.78, 5) is 21.8. The SMILES string of the molecule is O=C1c2ccccc2Sc2cc(-c3noc(-c4ccc(C(F)(F)F)cc4)n3)ccc2N1C1CCCC1. The molecule has 3 aromatic carbocycles. The van der Waals surface area contributed by atoms with Gasteiger partial charge in [-0.15, -0.1) is 0 Å². The van der Waals surface area contributed by atoms with Crippen molar-refractivity contribution in [2.45, 2.75) is 47.7 Å². The van der Waals surface area contributed by atoms with Crippen LogP contribution in [0.3, 0.4) is 0 Å². The van der Waals surface area contributed by atoms with Crippen LogP contribution in [-0.2, 0) is 6.18 Å². The minimum atomic E-state index is -4.41. The summed E-state index contributed by atoms with van der Waals surface area (Å²) in [5.41, 5.74) is 1.91. The van der Waals surface area contributed by atoms with Crippen LogP contribution in [0.5, 0.6) is 0 Å². The van der Waals surface area contributed by atoms with Gasteiger partial charge in [0.1, 0.15) is 0 Å². The maximum atomic E-state index is 13.6. The fourth-order valence-corrected chi connectivity index (χ4v) is 5.91. The maximum Gasteiger partial charge on any atom is 0.416 e. The molecule has 0 saturated heterocycles. The average molecular weight is 508 g/mol. The summed E-state index contributed by atoms with van der Waals surface area (Å²) in [5.74, 6) is 0.472. The lowest BCUT2D eigenvalue weighted by Gasteiger charge is -2.29. The van der Waals surface area contributed by atoms with Gasteiger partial charge in [-0.1, -0.05) is 41.9 Å². The number of fused-ring (bicyclic) bond motifs is 2. The van der Waals surface area contributed by atoms with Crippen LogP contribution in [0.4, 0.5) is 18.9 Å². The van der Waals surface area contributed by atoms with Gasteiger partial charge in [0.05, 0.1) is 16.8 Å². The zero-order valence-electron chi connectivity index (χ0n) is 19.0. The number of carbonyl (C=O) groups is 1. The van der Waals surface area contributed by atoms with Crippen molar-refractivity contribution in [3.8, 4) is 22.8 Å². The zero-order valence-corrected chi connectivity index (χ0v) is 19.8. The quantitative estimate of drug-likeness (QED) is 0.288. The Bertz CT molecular complexity index is 1440. The molecule has 1 amide bonds. The van der Waals surface area contributed by atoms with E-state index in [1.54, 1.807) is 0 Å². The van der Waals surface area contributed by atoms with Crippen molar-refractivity contribution in [2.24, 2.45) is 0 Å². The molecular formula is C27H20F3N3O2S. The summed E-state index contributed by atoms with van der Waals surface area (Å²) < 4.78 is 44.0. The second kappa shape index (κ2) is 8.81. The highest BCUT2D eigenvalue weighted by molar-refractivity contribution is 7.99. The van der Waals surface area contributed by atoms with Gasteiger partial charge in [0.2, 0.25) is 5.82 Å². The number of aromatic nitrogens is 2. The molecule has 0 spiro atoms. The van der Waals surface area contributed by atoms with E-state index in [-0.39, 0.29) is 17.8 Å². The van der Waals surface area contributed by atoms with Gasteiger partial charge in [0.25, 0.3) is 11.8 Å². The molecule has 0 unspecified atom stereocenters. The maximum absolute atomic E-state index is 13.6. The Kier molecular flexibility index (Phi) is 5.59. The van der Waals surface area contributed by atoms with Crippen LogP contribution < -0.4 is 4.90 Å². The Morgan fingerprint density at radius 3 is 2.39 bits per heavy atom. The molecule has 2 heterocycles. The first kappa shape index (κ1) is 22.8. The van der Waals surface area contributed by atoms with Crippen LogP contribution in [0.1, 0.15) is 41.6 Å². The predicted octanol–water partition coefficient (Wildman–Crippen LogP) is 7.48. The van der Waals surface area contributed by atoms with Crippen molar-refractivity contribution in [3.05, 3.63) is 77.9 Å². The van der Waals surface area contributed by atoms with E-state index in [0.717, 1.165) is 53.3 Å². The summed E-state index contributed by atoms with van der Waals surface area (Å²) in [6, 6.07) is 18.1.